The van der Waals surface area contributed by atoms with Crippen molar-refractivity contribution in [3.63, 3.8) is 0 Å². The van der Waals surface area contributed by atoms with Crippen molar-refractivity contribution in [2.45, 2.75) is 39.0 Å². The zero-order chi connectivity index (χ0) is 7.23. The molecule has 0 saturated heterocycles. The number of rotatable bonds is 4. The first-order chi connectivity index (χ1) is 4.93. The van der Waals surface area contributed by atoms with Crippen LogP contribution in [0.25, 0.3) is 0 Å². The molecule has 0 saturated carbocycles. The summed E-state index contributed by atoms with van der Waals surface area (Å²) in [6.45, 7) is 2.25. The lowest BCUT2D eigenvalue weighted by Crippen LogP contribution is -1.85. The van der Waals surface area contributed by atoms with Crippen LogP contribution in [0.5, 0.6) is 0 Å². The van der Waals surface area contributed by atoms with Crippen molar-refractivity contribution in [2.24, 2.45) is 0 Å². The summed E-state index contributed by atoms with van der Waals surface area (Å²) in [5.74, 6) is 0. The van der Waals surface area contributed by atoms with Gasteiger partial charge in [0.2, 0.25) is 0 Å². The molecule has 0 atom stereocenters. The Morgan fingerprint density at radius 2 is 2.40 bits per heavy atom. The molecule has 57 valence electrons. The fourth-order valence-electron chi connectivity index (χ4n) is 1.11. The van der Waals surface area contributed by atoms with E-state index in [2.05, 4.69) is 18.4 Å². The van der Waals surface area contributed by atoms with Gasteiger partial charge in [-0.15, -0.1) is 11.8 Å². The van der Waals surface area contributed by atoms with Gasteiger partial charge < -0.3 is 0 Å². The van der Waals surface area contributed by atoms with Crippen molar-refractivity contribution in [1.82, 2.24) is 0 Å². The van der Waals surface area contributed by atoms with Crippen molar-refractivity contribution in [3.05, 3.63) is 16.7 Å². The highest BCUT2D eigenvalue weighted by atomic mass is 32.2. The molecule has 1 rings (SSSR count). The third kappa shape index (κ3) is 2.78. The van der Waals surface area contributed by atoms with Crippen LogP contribution in [0.4, 0.5) is 0 Å². The van der Waals surface area contributed by atoms with Crippen LogP contribution in [0.15, 0.2) is 11.5 Å². The number of thioether (sulfide) groups is 1. The summed E-state index contributed by atoms with van der Waals surface area (Å²) in [7, 11) is 0. The smallest absolute Gasteiger partial charge is 0.0388 e. The molecule has 1 aliphatic heterocycles. The van der Waals surface area contributed by atoms with E-state index >= 15 is 0 Å². The molecule has 0 bridgehead atoms. The lowest BCUT2D eigenvalue weighted by Gasteiger charge is -2.04. The maximum Gasteiger partial charge on any atom is 0.0388 e. The average molecular weight is 155 g/mol. The summed E-state index contributed by atoms with van der Waals surface area (Å²) in [6, 6.07) is 0. The number of hydrogen-bond acceptors (Lipinski definition) is 1. The lowest BCUT2D eigenvalue weighted by atomic mass is 10.1. The summed E-state index contributed by atoms with van der Waals surface area (Å²) in [5.41, 5.74) is 0. The second kappa shape index (κ2) is 4.84. The molecule has 0 aromatic carbocycles. The minimum atomic E-state index is 1.23. The third-order valence-corrected chi connectivity index (χ3v) is 2.77. The molecule has 10 heavy (non-hydrogen) atoms. The van der Waals surface area contributed by atoms with Crippen molar-refractivity contribution in [2.75, 3.05) is 0 Å². The van der Waals surface area contributed by atoms with Crippen LogP contribution < -0.4 is 0 Å². The molecule has 0 nitrogen and oxygen atoms in total. The Kier molecular flexibility index (Phi) is 3.96. The van der Waals surface area contributed by atoms with Crippen LogP contribution in [0, 0.1) is 5.25 Å². The van der Waals surface area contributed by atoms with Crippen molar-refractivity contribution < 1.29 is 0 Å². The summed E-state index contributed by atoms with van der Waals surface area (Å²) >= 11 is 1.93. The van der Waals surface area contributed by atoms with Gasteiger partial charge in [0, 0.05) is 5.25 Å². The van der Waals surface area contributed by atoms with Crippen molar-refractivity contribution in [1.29, 1.82) is 0 Å². The van der Waals surface area contributed by atoms with Gasteiger partial charge in [0.15, 0.2) is 0 Å². The number of hydrogen-bond donors (Lipinski definition) is 0. The summed E-state index contributed by atoms with van der Waals surface area (Å²) in [6.07, 6.45) is 8.95. The van der Waals surface area contributed by atoms with Gasteiger partial charge in [-0.1, -0.05) is 32.3 Å². The Morgan fingerprint density at radius 1 is 1.50 bits per heavy atom. The van der Waals surface area contributed by atoms with Gasteiger partial charge >= 0.3 is 0 Å². The number of unbranched alkanes of at least 4 members (excludes halogenated alkanes) is 2. The quantitative estimate of drug-likeness (QED) is 0.557. The van der Waals surface area contributed by atoms with Gasteiger partial charge in [0.1, 0.15) is 0 Å². The van der Waals surface area contributed by atoms with Gasteiger partial charge in [-0.05, 0) is 18.2 Å². The van der Waals surface area contributed by atoms with Crippen LogP contribution in [-0.4, -0.2) is 0 Å². The molecule has 1 heteroatoms. The van der Waals surface area contributed by atoms with Gasteiger partial charge in [-0.2, -0.15) is 0 Å². The van der Waals surface area contributed by atoms with Crippen molar-refractivity contribution in [3.8, 4) is 0 Å². The molecule has 0 spiro atoms. The van der Waals surface area contributed by atoms with Crippen LogP contribution in [0.3, 0.4) is 0 Å². The molecular weight excluding hydrogens is 140 g/mol. The van der Waals surface area contributed by atoms with E-state index in [9.17, 15) is 0 Å². The second-order valence-corrected chi connectivity index (χ2v) is 3.77. The van der Waals surface area contributed by atoms with Crippen LogP contribution >= 0.6 is 11.8 Å². The minimum absolute atomic E-state index is 1.23. The van der Waals surface area contributed by atoms with Gasteiger partial charge in [0.25, 0.3) is 0 Å². The first-order valence-corrected chi connectivity index (χ1v) is 4.98. The first-order valence-electron chi connectivity index (χ1n) is 4.10. The largest absolute Gasteiger partial charge is 0.126 e. The Bertz CT molecular complexity index is 99.3. The van der Waals surface area contributed by atoms with Crippen LogP contribution in [0.1, 0.15) is 39.0 Å². The Hall–Kier alpha value is 0.0900. The SMILES string of the molecule is CCCCC[C]1CC=CS1. The van der Waals surface area contributed by atoms with Gasteiger partial charge in [0.05, 0.1) is 0 Å². The molecule has 0 aromatic rings. The fraction of sp³-hybridized carbons (Fsp3) is 0.667. The van der Waals surface area contributed by atoms with Crippen molar-refractivity contribution >= 4 is 11.8 Å². The maximum atomic E-state index is 2.26. The topological polar surface area (TPSA) is 0 Å². The van der Waals surface area contributed by atoms with E-state index in [1.807, 2.05) is 11.8 Å². The Labute approximate surface area is 68.1 Å². The number of allylic oxidation sites excluding steroid dienone is 1. The second-order valence-electron chi connectivity index (χ2n) is 2.69. The Balaban J connectivity index is 1.93. The standard InChI is InChI=1S/C9H15S/c1-2-3-4-6-9-7-5-8-10-9/h5,8H,2-4,6-7H2,1H3. The highest BCUT2D eigenvalue weighted by molar-refractivity contribution is 8.05. The monoisotopic (exact) mass is 155 g/mol. The summed E-state index contributed by atoms with van der Waals surface area (Å²) < 4.78 is 0. The minimum Gasteiger partial charge on any atom is -0.126 e. The zero-order valence-corrected chi connectivity index (χ0v) is 7.41. The molecule has 0 amide bonds. The Morgan fingerprint density at radius 3 is 3.00 bits per heavy atom. The van der Waals surface area contributed by atoms with Crippen LogP contribution in [-0.2, 0) is 0 Å². The van der Waals surface area contributed by atoms with E-state index in [4.69, 9.17) is 0 Å². The maximum absolute atomic E-state index is 2.26. The molecule has 0 unspecified atom stereocenters. The highest BCUT2D eigenvalue weighted by Gasteiger charge is 2.09. The predicted molar refractivity (Wildman–Crippen MR) is 48.7 cm³/mol. The molecule has 0 aromatic heterocycles. The van der Waals surface area contributed by atoms with Crippen LogP contribution in [0.2, 0.25) is 0 Å². The van der Waals surface area contributed by atoms with E-state index in [-0.39, 0.29) is 0 Å². The van der Waals surface area contributed by atoms with E-state index in [1.165, 1.54) is 32.1 Å². The lowest BCUT2D eigenvalue weighted by molar-refractivity contribution is 0.697. The van der Waals surface area contributed by atoms with E-state index < -0.39 is 0 Å². The summed E-state index contributed by atoms with van der Waals surface area (Å²) in [5, 5.41) is 3.87. The molecule has 0 N–H and O–H groups in total. The predicted octanol–water partition coefficient (Wildman–Crippen LogP) is 3.75. The average Bonchev–Trinajstić information content (AvgIpc) is 2.41. The van der Waals surface area contributed by atoms with Gasteiger partial charge in [-0.3, -0.25) is 0 Å². The molecule has 0 aliphatic carbocycles. The molecule has 1 aliphatic rings. The van der Waals surface area contributed by atoms with E-state index in [1.54, 1.807) is 5.25 Å². The normalized spacial score (nSPS) is 18.5. The van der Waals surface area contributed by atoms with E-state index in [0.717, 1.165) is 0 Å². The molecular formula is C9H15S. The van der Waals surface area contributed by atoms with Gasteiger partial charge in [-0.25, -0.2) is 0 Å². The molecule has 1 radical (unpaired) electrons. The fourth-order valence-corrected chi connectivity index (χ4v) is 1.94. The molecule has 1 heterocycles. The zero-order valence-electron chi connectivity index (χ0n) is 6.60. The molecule has 0 fully saturated rings. The summed E-state index contributed by atoms with van der Waals surface area (Å²) in [4.78, 5) is 0. The first kappa shape index (κ1) is 8.19. The highest BCUT2D eigenvalue weighted by Crippen LogP contribution is 2.35. The van der Waals surface area contributed by atoms with E-state index in [0.29, 0.717) is 0 Å². The third-order valence-electron chi connectivity index (χ3n) is 1.74.